The smallest absolute Gasteiger partial charge is 0.307 e. The number of carbonyl (C=O) groups is 1. The van der Waals surface area contributed by atoms with Gasteiger partial charge in [-0.1, -0.05) is 25.5 Å². The van der Waals surface area contributed by atoms with Crippen LogP contribution in [0.15, 0.2) is 18.2 Å². The first-order valence-electron chi connectivity index (χ1n) is 7.67. The van der Waals surface area contributed by atoms with Crippen molar-refractivity contribution in [1.29, 1.82) is 0 Å². The molecule has 3 rings (SSSR count). The summed E-state index contributed by atoms with van der Waals surface area (Å²) in [6, 6.07) is 6.27. The molecule has 0 spiro atoms. The Morgan fingerprint density at radius 3 is 3.00 bits per heavy atom. The Balaban J connectivity index is 1.89. The average molecular weight is 274 g/mol. The van der Waals surface area contributed by atoms with Crippen molar-refractivity contribution in [2.45, 2.75) is 44.9 Å². The van der Waals surface area contributed by atoms with Crippen molar-refractivity contribution in [2.75, 3.05) is 6.61 Å². The van der Waals surface area contributed by atoms with Crippen LogP contribution in [0.2, 0.25) is 0 Å². The van der Waals surface area contributed by atoms with Crippen molar-refractivity contribution < 1.29 is 14.6 Å². The highest BCUT2D eigenvalue weighted by molar-refractivity contribution is 5.71. The average Bonchev–Trinajstić information content (AvgIpc) is 2.93. The van der Waals surface area contributed by atoms with Gasteiger partial charge in [-0.2, -0.15) is 0 Å². The lowest BCUT2D eigenvalue weighted by Crippen LogP contribution is -2.29. The van der Waals surface area contributed by atoms with E-state index in [-0.39, 0.29) is 11.8 Å². The molecule has 1 heterocycles. The quantitative estimate of drug-likeness (QED) is 0.915. The van der Waals surface area contributed by atoms with Gasteiger partial charge < -0.3 is 9.84 Å². The first kappa shape index (κ1) is 13.5. The summed E-state index contributed by atoms with van der Waals surface area (Å²) in [5, 5.41) is 9.50. The summed E-state index contributed by atoms with van der Waals surface area (Å²) in [5.74, 6) is 0.945. The highest BCUT2D eigenvalue weighted by atomic mass is 16.5. The molecule has 3 unspecified atom stereocenters. The van der Waals surface area contributed by atoms with E-state index < -0.39 is 5.97 Å². The fourth-order valence-corrected chi connectivity index (χ4v) is 3.73. The maximum absolute atomic E-state index is 11.5. The van der Waals surface area contributed by atoms with Gasteiger partial charge in [-0.25, -0.2) is 0 Å². The van der Waals surface area contributed by atoms with E-state index in [1.54, 1.807) is 0 Å². The number of hydrogen-bond donors (Lipinski definition) is 1. The van der Waals surface area contributed by atoms with Crippen LogP contribution in [-0.2, 0) is 11.2 Å². The molecule has 1 fully saturated rings. The zero-order valence-corrected chi connectivity index (χ0v) is 12.0. The fraction of sp³-hybridized carbons (Fsp3) is 0.588. The molecule has 0 radical (unpaired) electrons. The van der Waals surface area contributed by atoms with Crippen molar-refractivity contribution >= 4 is 5.97 Å². The predicted octanol–water partition coefficient (Wildman–Crippen LogP) is 3.62. The second kappa shape index (κ2) is 5.47. The topological polar surface area (TPSA) is 46.5 Å². The zero-order chi connectivity index (χ0) is 14.1. The molecule has 3 atom stereocenters. The second-order valence-corrected chi connectivity index (χ2v) is 6.10. The monoisotopic (exact) mass is 274 g/mol. The Kier molecular flexibility index (Phi) is 3.68. The lowest BCUT2D eigenvalue weighted by Gasteiger charge is -2.34. The minimum atomic E-state index is -0.638. The predicted molar refractivity (Wildman–Crippen MR) is 77.1 cm³/mol. The molecule has 3 heteroatoms. The fourth-order valence-electron chi connectivity index (χ4n) is 3.73. The maximum Gasteiger partial charge on any atom is 0.307 e. The highest BCUT2D eigenvalue weighted by Crippen LogP contribution is 2.43. The number of aliphatic carboxylic acids is 1. The van der Waals surface area contributed by atoms with E-state index in [2.05, 4.69) is 19.1 Å². The third-order valence-electron chi connectivity index (χ3n) is 5.00. The van der Waals surface area contributed by atoms with Gasteiger partial charge in [0.1, 0.15) is 5.75 Å². The number of hydrogen-bond acceptors (Lipinski definition) is 2. The molecule has 108 valence electrons. The third kappa shape index (κ3) is 2.41. The normalized spacial score (nSPS) is 28.8. The van der Waals surface area contributed by atoms with Crippen molar-refractivity contribution in [3.8, 4) is 5.75 Å². The Morgan fingerprint density at radius 1 is 1.40 bits per heavy atom. The summed E-state index contributed by atoms with van der Waals surface area (Å²) in [5.41, 5.74) is 2.44. The standard InChI is InChI=1S/C17H22O3/c1-2-11-3-5-14(17(18)19)15(9-11)12-4-6-16-13(10-12)7-8-20-16/h4,6,10-11,14-15H,2-3,5,7-9H2,1H3,(H,18,19). The molecule has 1 aliphatic carbocycles. The van der Waals surface area contributed by atoms with E-state index in [9.17, 15) is 9.90 Å². The van der Waals surface area contributed by atoms with Gasteiger partial charge in [-0.3, -0.25) is 4.79 Å². The molecule has 1 N–H and O–H groups in total. The summed E-state index contributed by atoms with van der Waals surface area (Å²) in [6.45, 7) is 2.96. The zero-order valence-electron chi connectivity index (χ0n) is 12.0. The van der Waals surface area contributed by atoms with E-state index in [0.29, 0.717) is 5.92 Å². The van der Waals surface area contributed by atoms with Gasteiger partial charge in [-0.15, -0.1) is 0 Å². The van der Waals surface area contributed by atoms with Gasteiger partial charge in [0.05, 0.1) is 12.5 Å². The van der Waals surface area contributed by atoms with Crippen LogP contribution in [0.3, 0.4) is 0 Å². The van der Waals surface area contributed by atoms with Crippen molar-refractivity contribution in [2.24, 2.45) is 11.8 Å². The van der Waals surface area contributed by atoms with Gasteiger partial charge in [-0.05, 0) is 48.3 Å². The Morgan fingerprint density at radius 2 is 2.25 bits per heavy atom. The van der Waals surface area contributed by atoms with Crippen LogP contribution in [0.5, 0.6) is 5.75 Å². The lowest BCUT2D eigenvalue weighted by molar-refractivity contribution is -0.143. The van der Waals surface area contributed by atoms with E-state index >= 15 is 0 Å². The summed E-state index contributed by atoms with van der Waals surface area (Å²) in [7, 11) is 0. The van der Waals surface area contributed by atoms with Crippen molar-refractivity contribution in [3.63, 3.8) is 0 Å². The first-order valence-corrected chi connectivity index (χ1v) is 7.67. The minimum Gasteiger partial charge on any atom is -0.493 e. The molecule has 20 heavy (non-hydrogen) atoms. The summed E-state index contributed by atoms with van der Waals surface area (Å²) >= 11 is 0. The number of fused-ring (bicyclic) bond motifs is 1. The largest absolute Gasteiger partial charge is 0.493 e. The molecule has 0 saturated heterocycles. The number of carboxylic acids is 1. The van der Waals surface area contributed by atoms with Gasteiger partial charge in [0.25, 0.3) is 0 Å². The summed E-state index contributed by atoms with van der Waals surface area (Å²) in [6.07, 6.45) is 4.97. The molecule has 0 bridgehead atoms. The third-order valence-corrected chi connectivity index (χ3v) is 5.00. The van der Waals surface area contributed by atoms with E-state index in [1.165, 1.54) is 11.1 Å². The van der Waals surface area contributed by atoms with E-state index in [0.717, 1.165) is 44.5 Å². The minimum absolute atomic E-state index is 0.164. The van der Waals surface area contributed by atoms with Crippen LogP contribution in [0.4, 0.5) is 0 Å². The van der Waals surface area contributed by atoms with Gasteiger partial charge in [0.2, 0.25) is 0 Å². The molecule has 0 aromatic heterocycles. The second-order valence-electron chi connectivity index (χ2n) is 6.10. The van der Waals surface area contributed by atoms with Crippen LogP contribution < -0.4 is 4.74 Å². The first-order chi connectivity index (χ1) is 9.69. The Bertz CT molecular complexity index is 509. The maximum atomic E-state index is 11.5. The number of carboxylic acid groups (broad SMARTS) is 1. The van der Waals surface area contributed by atoms with Crippen LogP contribution in [0, 0.1) is 11.8 Å². The molecular formula is C17H22O3. The van der Waals surface area contributed by atoms with Crippen LogP contribution in [-0.4, -0.2) is 17.7 Å². The number of benzene rings is 1. The molecular weight excluding hydrogens is 252 g/mol. The van der Waals surface area contributed by atoms with Gasteiger partial charge >= 0.3 is 5.97 Å². The summed E-state index contributed by atoms with van der Waals surface area (Å²) < 4.78 is 5.54. The number of rotatable bonds is 3. The molecule has 1 aliphatic heterocycles. The van der Waals surface area contributed by atoms with Gasteiger partial charge in [0.15, 0.2) is 0 Å². The molecule has 1 aromatic rings. The number of ether oxygens (including phenoxy) is 1. The van der Waals surface area contributed by atoms with Crippen molar-refractivity contribution in [1.82, 2.24) is 0 Å². The lowest BCUT2D eigenvalue weighted by atomic mass is 9.70. The molecule has 1 aromatic carbocycles. The van der Waals surface area contributed by atoms with Crippen molar-refractivity contribution in [3.05, 3.63) is 29.3 Å². The Hall–Kier alpha value is -1.51. The SMILES string of the molecule is CCC1CCC(C(=O)O)C(c2ccc3c(c2)CCO3)C1. The Labute approximate surface area is 120 Å². The molecule has 0 amide bonds. The molecule has 3 nitrogen and oxygen atoms in total. The highest BCUT2D eigenvalue weighted by Gasteiger charge is 2.35. The van der Waals surface area contributed by atoms with Crippen LogP contribution >= 0.6 is 0 Å². The van der Waals surface area contributed by atoms with Crippen LogP contribution in [0.1, 0.15) is 49.7 Å². The van der Waals surface area contributed by atoms with E-state index in [1.807, 2.05) is 6.07 Å². The van der Waals surface area contributed by atoms with Crippen LogP contribution in [0.25, 0.3) is 0 Å². The molecule has 2 aliphatic rings. The van der Waals surface area contributed by atoms with Gasteiger partial charge in [0, 0.05) is 6.42 Å². The van der Waals surface area contributed by atoms with E-state index in [4.69, 9.17) is 4.74 Å². The molecule has 1 saturated carbocycles. The summed E-state index contributed by atoms with van der Waals surface area (Å²) in [4.78, 5) is 11.5.